The Morgan fingerprint density at radius 3 is 2.59 bits per heavy atom. The summed E-state index contributed by atoms with van der Waals surface area (Å²) in [6.45, 7) is 0. The van der Waals surface area contributed by atoms with Crippen molar-refractivity contribution in [3.8, 4) is 11.9 Å². The van der Waals surface area contributed by atoms with Gasteiger partial charge in [-0.3, -0.25) is 10.1 Å². The zero-order valence-corrected chi connectivity index (χ0v) is 7.85. The summed E-state index contributed by atoms with van der Waals surface area (Å²) in [6, 6.07) is 1.88. The Kier molecular flexibility index (Phi) is 3.03. The van der Waals surface area contributed by atoms with Gasteiger partial charge in [-0.15, -0.1) is 13.2 Å². The number of halogens is 3. The third kappa shape index (κ3) is 2.94. The maximum Gasteiger partial charge on any atom is 0.574 e. The van der Waals surface area contributed by atoms with Gasteiger partial charge in [0.05, 0.1) is 11.0 Å². The number of anilines is 1. The van der Waals surface area contributed by atoms with Gasteiger partial charge < -0.3 is 10.5 Å². The van der Waals surface area contributed by atoms with E-state index in [2.05, 4.69) is 9.72 Å². The first-order valence-corrected chi connectivity index (χ1v) is 3.85. The molecular weight excluding hydrogens is 245 g/mol. The fourth-order valence-electron chi connectivity index (χ4n) is 0.960. The molecule has 10 heteroatoms. The Balaban J connectivity index is 3.40. The standard InChI is InChI=1S/C7H3F3N4O3/c8-7(9,10)17-6-3(2-11)4(14(15)16)1-5(12)13-6/h1H,(H2,12,13). The number of nitrogen functional groups attached to an aromatic ring is 1. The first kappa shape index (κ1) is 12.5. The summed E-state index contributed by atoms with van der Waals surface area (Å²) in [6.07, 6.45) is -5.12. The van der Waals surface area contributed by atoms with Crippen molar-refractivity contribution in [2.75, 3.05) is 5.73 Å². The Morgan fingerprint density at radius 2 is 2.18 bits per heavy atom. The molecule has 0 aliphatic heterocycles. The van der Waals surface area contributed by atoms with Gasteiger partial charge in [-0.05, 0) is 0 Å². The Morgan fingerprint density at radius 1 is 1.59 bits per heavy atom. The van der Waals surface area contributed by atoms with Crippen molar-refractivity contribution in [1.82, 2.24) is 4.98 Å². The minimum absolute atomic E-state index is 0.560. The summed E-state index contributed by atoms with van der Waals surface area (Å²) < 4.78 is 39.2. The van der Waals surface area contributed by atoms with Gasteiger partial charge in [0, 0.05) is 0 Å². The van der Waals surface area contributed by atoms with Crippen LogP contribution in [0.4, 0.5) is 24.7 Å². The van der Waals surface area contributed by atoms with Crippen molar-refractivity contribution in [3.05, 3.63) is 21.7 Å². The van der Waals surface area contributed by atoms with Gasteiger partial charge in [0.15, 0.2) is 5.56 Å². The van der Waals surface area contributed by atoms with Gasteiger partial charge >= 0.3 is 6.36 Å². The average Bonchev–Trinajstić information content (AvgIpc) is 2.14. The van der Waals surface area contributed by atoms with Crippen molar-refractivity contribution in [2.45, 2.75) is 6.36 Å². The molecule has 1 aromatic rings. The zero-order chi connectivity index (χ0) is 13.2. The number of ether oxygens (including phenoxy) is 1. The third-order valence-electron chi connectivity index (χ3n) is 1.51. The highest BCUT2D eigenvalue weighted by Gasteiger charge is 2.35. The number of pyridine rings is 1. The first-order valence-electron chi connectivity index (χ1n) is 3.85. The molecule has 1 heterocycles. The zero-order valence-electron chi connectivity index (χ0n) is 7.85. The van der Waals surface area contributed by atoms with Crippen LogP contribution in [-0.4, -0.2) is 16.3 Å². The maximum atomic E-state index is 11.9. The summed E-state index contributed by atoms with van der Waals surface area (Å²) in [5.41, 5.74) is 3.22. The molecule has 0 spiro atoms. The predicted octanol–water partition coefficient (Wildman–Crippen LogP) is 1.34. The van der Waals surface area contributed by atoms with Gasteiger partial charge in [-0.25, -0.2) is 0 Å². The van der Waals surface area contributed by atoms with E-state index < -0.39 is 34.2 Å². The second-order valence-corrected chi connectivity index (χ2v) is 2.66. The van der Waals surface area contributed by atoms with E-state index in [1.54, 1.807) is 0 Å². The first-order chi connectivity index (χ1) is 7.74. The van der Waals surface area contributed by atoms with E-state index in [4.69, 9.17) is 11.0 Å². The van der Waals surface area contributed by atoms with Crippen molar-refractivity contribution in [1.29, 1.82) is 5.26 Å². The highest BCUT2D eigenvalue weighted by Crippen LogP contribution is 2.31. The summed E-state index contributed by atoms with van der Waals surface area (Å²) in [7, 11) is 0. The molecule has 17 heavy (non-hydrogen) atoms. The topological polar surface area (TPSA) is 115 Å². The molecule has 0 amide bonds. The minimum Gasteiger partial charge on any atom is -0.386 e. The third-order valence-corrected chi connectivity index (χ3v) is 1.51. The van der Waals surface area contributed by atoms with E-state index in [0.29, 0.717) is 6.07 Å². The number of hydrogen-bond acceptors (Lipinski definition) is 6. The summed E-state index contributed by atoms with van der Waals surface area (Å²) in [5, 5.41) is 19.0. The molecule has 7 nitrogen and oxygen atoms in total. The van der Waals surface area contributed by atoms with Gasteiger partial charge in [0.25, 0.3) is 5.69 Å². The van der Waals surface area contributed by atoms with Crippen molar-refractivity contribution in [3.63, 3.8) is 0 Å². The lowest BCUT2D eigenvalue weighted by atomic mass is 10.2. The number of hydrogen-bond donors (Lipinski definition) is 1. The van der Waals surface area contributed by atoms with E-state index in [0.717, 1.165) is 0 Å². The molecular formula is C7H3F3N4O3. The number of nitrogens with two attached hydrogens (primary N) is 1. The SMILES string of the molecule is N#Cc1c([N+](=O)[O-])cc(N)nc1OC(F)(F)F. The van der Waals surface area contributed by atoms with Crippen LogP contribution in [0.1, 0.15) is 5.56 Å². The van der Waals surface area contributed by atoms with Gasteiger partial charge in [0.1, 0.15) is 11.9 Å². The molecule has 1 aromatic heterocycles. The number of nitrogens with zero attached hydrogens (tertiary/aromatic N) is 3. The van der Waals surface area contributed by atoms with E-state index in [1.165, 1.54) is 6.07 Å². The molecule has 0 aromatic carbocycles. The normalized spacial score (nSPS) is 10.7. The molecule has 90 valence electrons. The van der Waals surface area contributed by atoms with Crippen molar-refractivity contribution in [2.24, 2.45) is 0 Å². The predicted molar refractivity (Wildman–Crippen MR) is 46.7 cm³/mol. The monoisotopic (exact) mass is 248 g/mol. The molecule has 0 atom stereocenters. The largest absolute Gasteiger partial charge is 0.574 e. The molecule has 1 rings (SSSR count). The van der Waals surface area contributed by atoms with Crippen LogP contribution < -0.4 is 10.5 Å². The molecule has 2 N–H and O–H groups in total. The average molecular weight is 248 g/mol. The number of nitriles is 1. The number of aromatic nitrogens is 1. The fourth-order valence-corrected chi connectivity index (χ4v) is 0.960. The number of rotatable bonds is 2. The van der Waals surface area contributed by atoms with E-state index in [-0.39, 0.29) is 0 Å². The molecule has 0 unspecified atom stereocenters. The Labute approximate surface area is 91.4 Å². The second-order valence-electron chi connectivity index (χ2n) is 2.66. The van der Waals surface area contributed by atoms with Crippen LogP contribution in [0.5, 0.6) is 5.88 Å². The van der Waals surface area contributed by atoms with Crippen molar-refractivity contribution >= 4 is 11.5 Å². The molecule has 0 bridgehead atoms. The highest BCUT2D eigenvalue weighted by atomic mass is 19.4. The molecule has 0 radical (unpaired) electrons. The Hall–Kier alpha value is -2.57. The van der Waals surface area contributed by atoms with E-state index >= 15 is 0 Å². The van der Waals surface area contributed by atoms with Gasteiger partial charge in [-0.1, -0.05) is 0 Å². The van der Waals surface area contributed by atoms with Crippen LogP contribution >= 0.6 is 0 Å². The lowest BCUT2D eigenvalue weighted by molar-refractivity contribution is -0.385. The maximum absolute atomic E-state index is 11.9. The van der Waals surface area contributed by atoms with Crippen LogP contribution in [0.2, 0.25) is 0 Å². The number of alkyl halides is 3. The van der Waals surface area contributed by atoms with Crippen LogP contribution in [-0.2, 0) is 0 Å². The van der Waals surface area contributed by atoms with E-state index in [9.17, 15) is 23.3 Å². The van der Waals surface area contributed by atoms with Gasteiger partial charge in [-0.2, -0.15) is 10.2 Å². The molecule has 0 saturated carbocycles. The summed E-state index contributed by atoms with van der Waals surface area (Å²) in [5.74, 6) is -1.80. The van der Waals surface area contributed by atoms with Crippen molar-refractivity contribution < 1.29 is 22.8 Å². The number of nitro groups is 1. The fraction of sp³-hybridized carbons (Fsp3) is 0.143. The van der Waals surface area contributed by atoms with Crippen LogP contribution in [0.25, 0.3) is 0 Å². The molecule has 0 saturated heterocycles. The van der Waals surface area contributed by atoms with Gasteiger partial charge in [0.2, 0.25) is 5.88 Å². The van der Waals surface area contributed by atoms with Crippen LogP contribution in [0, 0.1) is 21.4 Å². The lowest BCUT2D eigenvalue weighted by Gasteiger charge is -2.09. The van der Waals surface area contributed by atoms with Crippen LogP contribution in [0.15, 0.2) is 6.07 Å². The van der Waals surface area contributed by atoms with Crippen LogP contribution in [0.3, 0.4) is 0 Å². The highest BCUT2D eigenvalue weighted by molar-refractivity contribution is 5.59. The molecule has 0 aliphatic rings. The van der Waals surface area contributed by atoms with E-state index in [1.807, 2.05) is 0 Å². The molecule has 0 aliphatic carbocycles. The second kappa shape index (κ2) is 4.12. The Bertz CT molecular complexity index is 508. The minimum atomic E-state index is -5.12. The summed E-state index contributed by atoms with van der Waals surface area (Å²) >= 11 is 0. The lowest BCUT2D eigenvalue weighted by Crippen LogP contribution is -2.19. The summed E-state index contributed by atoms with van der Waals surface area (Å²) in [4.78, 5) is 12.5. The molecule has 0 fully saturated rings. The smallest absolute Gasteiger partial charge is 0.386 e. The quantitative estimate of drug-likeness (QED) is 0.623.